The normalized spacial score (nSPS) is 16.0. The van der Waals surface area contributed by atoms with E-state index in [0.29, 0.717) is 23.7 Å². The number of benzene rings is 1. The number of amides is 1. The summed E-state index contributed by atoms with van der Waals surface area (Å²) in [5.74, 6) is -0.693. The smallest absolute Gasteiger partial charge is 0.276 e. The second kappa shape index (κ2) is 7.01. The number of nitrogens with two attached hydrogens (primary N) is 1. The molecule has 8 heteroatoms. The highest BCUT2D eigenvalue weighted by molar-refractivity contribution is 5.95. The molecule has 1 aliphatic rings. The van der Waals surface area contributed by atoms with Gasteiger partial charge in [0.2, 0.25) is 0 Å². The van der Waals surface area contributed by atoms with Crippen LogP contribution in [0.15, 0.2) is 24.4 Å². The maximum absolute atomic E-state index is 13.2. The second-order valence-corrected chi connectivity index (χ2v) is 6.59. The maximum Gasteiger partial charge on any atom is 0.276 e. The van der Waals surface area contributed by atoms with Gasteiger partial charge in [-0.15, -0.1) is 12.4 Å². The first-order valence-corrected chi connectivity index (χ1v) is 7.92. The average Bonchev–Trinajstić information content (AvgIpc) is 3.31. The molecule has 136 valence electrons. The van der Waals surface area contributed by atoms with Crippen LogP contribution in [0.3, 0.4) is 0 Å². The zero-order valence-corrected chi connectivity index (χ0v) is 14.9. The van der Waals surface area contributed by atoms with Crippen molar-refractivity contribution in [3.63, 3.8) is 0 Å². The minimum Gasteiger partial charge on any atom is -0.504 e. The van der Waals surface area contributed by atoms with Crippen molar-refractivity contribution in [3.8, 4) is 11.4 Å². The summed E-state index contributed by atoms with van der Waals surface area (Å²) in [5, 5.41) is 17.1. The van der Waals surface area contributed by atoms with Gasteiger partial charge < -0.3 is 16.2 Å². The number of hydrogen-bond acceptors (Lipinski definition) is 4. The van der Waals surface area contributed by atoms with Gasteiger partial charge in [0.1, 0.15) is 5.82 Å². The molecule has 1 heterocycles. The molecule has 4 N–H and O–H groups in total. The van der Waals surface area contributed by atoms with Gasteiger partial charge >= 0.3 is 0 Å². The van der Waals surface area contributed by atoms with Crippen LogP contribution in [-0.2, 0) is 0 Å². The number of carbonyl (C=O) groups is 1. The summed E-state index contributed by atoms with van der Waals surface area (Å²) in [6.07, 6.45) is 3.40. The molecule has 1 amide bonds. The summed E-state index contributed by atoms with van der Waals surface area (Å²) in [6, 6.07) is 4.22. The van der Waals surface area contributed by atoms with Gasteiger partial charge in [-0.05, 0) is 56.4 Å². The van der Waals surface area contributed by atoms with Gasteiger partial charge in [0.25, 0.3) is 5.91 Å². The van der Waals surface area contributed by atoms with E-state index in [4.69, 9.17) is 5.73 Å². The van der Waals surface area contributed by atoms with Gasteiger partial charge in [0.05, 0.1) is 17.4 Å². The Morgan fingerprint density at radius 1 is 1.52 bits per heavy atom. The summed E-state index contributed by atoms with van der Waals surface area (Å²) in [6.45, 7) is 3.96. The fraction of sp³-hybridized carbons (Fsp3) is 0.412. The number of aromatic nitrogens is 2. The third kappa shape index (κ3) is 3.77. The van der Waals surface area contributed by atoms with E-state index in [2.05, 4.69) is 10.4 Å². The standard InChI is InChI=1S/C17H21FN4O2.ClH/c1-10-7-12(18)5-6-13(10)22-8-14(23)15(21-22)16(24)20-17(2,9-19)11-3-4-11;/h5-8,11,23H,3-4,9,19H2,1-2H3,(H,20,24);1H. The molecule has 25 heavy (non-hydrogen) atoms. The Kier molecular flexibility index (Phi) is 5.39. The number of nitrogens with zero attached hydrogens (tertiary/aromatic N) is 2. The number of halogens is 2. The van der Waals surface area contributed by atoms with Gasteiger partial charge in [-0.3, -0.25) is 4.79 Å². The van der Waals surface area contributed by atoms with Crippen molar-refractivity contribution in [1.82, 2.24) is 15.1 Å². The van der Waals surface area contributed by atoms with Crippen molar-refractivity contribution in [2.45, 2.75) is 32.2 Å². The predicted molar refractivity (Wildman–Crippen MR) is 94.8 cm³/mol. The van der Waals surface area contributed by atoms with Crippen LogP contribution in [0.5, 0.6) is 5.75 Å². The Bertz CT molecular complexity index is 791. The molecule has 1 aromatic carbocycles. The van der Waals surface area contributed by atoms with E-state index in [1.165, 1.54) is 23.0 Å². The molecule has 2 aromatic rings. The molecular formula is C17H22ClFN4O2. The maximum atomic E-state index is 13.2. The average molecular weight is 369 g/mol. The van der Waals surface area contributed by atoms with Crippen LogP contribution < -0.4 is 11.1 Å². The molecule has 0 radical (unpaired) electrons. The lowest BCUT2D eigenvalue weighted by Crippen LogP contribution is -2.53. The summed E-state index contributed by atoms with van der Waals surface area (Å²) in [5.41, 5.74) is 6.47. The van der Waals surface area contributed by atoms with Crippen LogP contribution in [0.4, 0.5) is 4.39 Å². The Morgan fingerprint density at radius 2 is 2.20 bits per heavy atom. The molecule has 1 unspecified atom stereocenters. The third-order valence-electron chi connectivity index (χ3n) is 4.62. The quantitative estimate of drug-likeness (QED) is 0.755. The van der Waals surface area contributed by atoms with E-state index in [9.17, 15) is 14.3 Å². The van der Waals surface area contributed by atoms with E-state index in [1.807, 2.05) is 6.92 Å². The number of aromatic hydroxyl groups is 1. The number of aryl methyl sites for hydroxylation is 1. The molecule has 1 saturated carbocycles. The van der Waals surface area contributed by atoms with Crippen molar-refractivity contribution in [3.05, 3.63) is 41.5 Å². The second-order valence-electron chi connectivity index (χ2n) is 6.59. The van der Waals surface area contributed by atoms with Crippen LogP contribution in [-0.4, -0.2) is 32.9 Å². The Labute approximate surface area is 151 Å². The highest BCUT2D eigenvalue weighted by Gasteiger charge is 2.42. The van der Waals surface area contributed by atoms with E-state index < -0.39 is 11.4 Å². The number of hydrogen-bond donors (Lipinski definition) is 3. The van der Waals surface area contributed by atoms with Crippen molar-refractivity contribution < 1.29 is 14.3 Å². The monoisotopic (exact) mass is 368 g/mol. The molecule has 0 aliphatic heterocycles. The topological polar surface area (TPSA) is 93.2 Å². The Morgan fingerprint density at radius 3 is 2.76 bits per heavy atom. The lowest BCUT2D eigenvalue weighted by atomic mass is 9.96. The molecule has 0 bridgehead atoms. The zero-order chi connectivity index (χ0) is 17.5. The zero-order valence-electron chi connectivity index (χ0n) is 14.1. The molecule has 1 atom stereocenters. The molecular weight excluding hydrogens is 347 g/mol. The molecule has 0 spiro atoms. The van der Waals surface area contributed by atoms with E-state index in [1.54, 1.807) is 13.0 Å². The number of rotatable bonds is 5. The first-order valence-electron chi connectivity index (χ1n) is 7.92. The fourth-order valence-corrected chi connectivity index (χ4v) is 2.88. The van der Waals surface area contributed by atoms with Crippen LogP contribution >= 0.6 is 12.4 Å². The van der Waals surface area contributed by atoms with Crippen LogP contribution in [0.2, 0.25) is 0 Å². The van der Waals surface area contributed by atoms with E-state index in [-0.39, 0.29) is 29.7 Å². The highest BCUT2D eigenvalue weighted by atomic mass is 35.5. The Balaban J connectivity index is 0.00000225. The summed E-state index contributed by atoms with van der Waals surface area (Å²) in [4.78, 5) is 12.5. The summed E-state index contributed by atoms with van der Waals surface area (Å²) in [7, 11) is 0. The van der Waals surface area contributed by atoms with E-state index >= 15 is 0 Å². The van der Waals surface area contributed by atoms with Gasteiger partial charge in [0, 0.05) is 6.54 Å². The van der Waals surface area contributed by atoms with E-state index in [0.717, 1.165) is 12.8 Å². The van der Waals surface area contributed by atoms with Crippen molar-refractivity contribution in [2.75, 3.05) is 6.54 Å². The SMILES string of the molecule is Cc1cc(F)ccc1-n1cc(O)c(C(=O)NC(C)(CN)C2CC2)n1.Cl. The summed E-state index contributed by atoms with van der Waals surface area (Å²) < 4.78 is 14.6. The Hall–Kier alpha value is -2.12. The first kappa shape index (κ1) is 19.2. The molecule has 1 aliphatic carbocycles. The minimum absolute atomic E-state index is 0. The van der Waals surface area contributed by atoms with Crippen LogP contribution in [0.1, 0.15) is 35.8 Å². The lowest BCUT2D eigenvalue weighted by Gasteiger charge is -2.29. The molecule has 1 fully saturated rings. The largest absolute Gasteiger partial charge is 0.504 e. The van der Waals surface area contributed by atoms with Crippen molar-refractivity contribution in [2.24, 2.45) is 11.7 Å². The van der Waals surface area contributed by atoms with Crippen LogP contribution in [0, 0.1) is 18.7 Å². The summed E-state index contributed by atoms with van der Waals surface area (Å²) >= 11 is 0. The molecule has 0 saturated heterocycles. The first-order chi connectivity index (χ1) is 11.3. The van der Waals surface area contributed by atoms with Gasteiger partial charge in [-0.1, -0.05) is 0 Å². The van der Waals surface area contributed by atoms with Gasteiger partial charge in [-0.2, -0.15) is 5.10 Å². The van der Waals surface area contributed by atoms with Gasteiger partial charge in [-0.25, -0.2) is 9.07 Å². The van der Waals surface area contributed by atoms with Crippen molar-refractivity contribution >= 4 is 18.3 Å². The van der Waals surface area contributed by atoms with Crippen LogP contribution in [0.25, 0.3) is 5.69 Å². The number of nitrogens with one attached hydrogen (secondary N) is 1. The highest BCUT2D eigenvalue weighted by Crippen LogP contribution is 2.39. The third-order valence-corrected chi connectivity index (χ3v) is 4.62. The van der Waals surface area contributed by atoms with Gasteiger partial charge in [0.15, 0.2) is 11.4 Å². The fourth-order valence-electron chi connectivity index (χ4n) is 2.88. The minimum atomic E-state index is -0.501. The molecule has 3 rings (SSSR count). The molecule has 1 aromatic heterocycles. The number of carbonyl (C=O) groups excluding carboxylic acids is 1. The molecule has 6 nitrogen and oxygen atoms in total. The predicted octanol–water partition coefficient (Wildman–Crippen LogP) is 2.30. The van der Waals surface area contributed by atoms with Crippen molar-refractivity contribution in [1.29, 1.82) is 0 Å². The lowest BCUT2D eigenvalue weighted by molar-refractivity contribution is 0.0889.